The second-order valence-electron chi connectivity index (χ2n) is 6.33. The Morgan fingerprint density at radius 3 is 2.77 bits per heavy atom. The third-order valence-electron chi connectivity index (χ3n) is 4.64. The van der Waals surface area contributed by atoms with Crippen LogP contribution in [0.2, 0.25) is 0 Å². The maximum absolute atomic E-state index is 5.65. The molecule has 3 aromatic heterocycles. The van der Waals surface area contributed by atoms with Crippen molar-refractivity contribution < 1.29 is 4.42 Å². The van der Waals surface area contributed by atoms with Gasteiger partial charge in [-0.2, -0.15) is 5.10 Å². The van der Waals surface area contributed by atoms with Crippen molar-refractivity contribution in [2.45, 2.75) is 12.8 Å². The summed E-state index contributed by atoms with van der Waals surface area (Å²) < 4.78 is 7.53. The number of nitrogens with zero attached hydrogens (tertiary/aromatic N) is 4. The zero-order valence-corrected chi connectivity index (χ0v) is 14.3. The van der Waals surface area contributed by atoms with Gasteiger partial charge in [0.25, 0.3) is 0 Å². The number of rotatable bonds is 3. The Labute approximate surface area is 150 Å². The highest BCUT2D eigenvalue weighted by atomic mass is 16.3. The van der Waals surface area contributed by atoms with Gasteiger partial charge in [-0.15, -0.1) is 0 Å². The van der Waals surface area contributed by atoms with E-state index in [-0.39, 0.29) is 0 Å². The van der Waals surface area contributed by atoms with Crippen molar-refractivity contribution in [2.24, 2.45) is 7.05 Å². The molecule has 6 nitrogen and oxygen atoms in total. The molecule has 0 radical (unpaired) electrons. The largest absolute Gasteiger partial charge is 0.463 e. The van der Waals surface area contributed by atoms with Crippen LogP contribution in [-0.2, 0) is 19.9 Å². The summed E-state index contributed by atoms with van der Waals surface area (Å²) >= 11 is 0. The van der Waals surface area contributed by atoms with Crippen molar-refractivity contribution in [1.29, 1.82) is 0 Å². The third-order valence-corrected chi connectivity index (χ3v) is 4.64. The van der Waals surface area contributed by atoms with Gasteiger partial charge in [0.1, 0.15) is 5.69 Å². The van der Waals surface area contributed by atoms with E-state index < -0.39 is 0 Å². The van der Waals surface area contributed by atoms with E-state index in [2.05, 4.69) is 10.3 Å². The number of aromatic nitrogens is 4. The van der Waals surface area contributed by atoms with Crippen LogP contribution in [0.4, 0.5) is 11.6 Å². The van der Waals surface area contributed by atoms with E-state index in [0.717, 1.165) is 52.5 Å². The molecule has 0 saturated carbocycles. The molecule has 1 N–H and O–H groups in total. The number of aryl methyl sites for hydroxylation is 3. The molecule has 3 heterocycles. The van der Waals surface area contributed by atoms with Gasteiger partial charge in [0.05, 0.1) is 23.2 Å². The number of nitrogens with one attached hydrogen (secondary N) is 1. The van der Waals surface area contributed by atoms with Crippen LogP contribution in [0.3, 0.4) is 0 Å². The predicted octanol–water partition coefficient (Wildman–Crippen LogP) is 3.98. The van der Waals surface area contributed by atoms with Gasteiger partial charge in [0, 0.05) is 18.9 Å². The zero-order valence-electron chi connectivity index (χ0n) is 14.3. The van der Waals surface area contributed by atoms with Crippen LogP contribution in [0.15, 0.2) is 59.3 Å². The minimum absolute atomic E-state index is 0.581. The van der Waals surface area contributed by atoms with Gasteiger partial charge in [-0.05, 0) is 42.7 Å². The molecule has 0 unspecified atom stereocenters. The summed E-state index contributed by atoms with van der Waals surface area (Å²) in [4.78, 5) is 9.30. The molecule has 1 aliphatic rings. The van der Waals surface area contributed by atoms with Gasteiger partial charge in [-0.3, -0.25) is 4.68 Å². The fraction of sp³-hybridized carbons (Fsp3) is 0.150. The van der Waals surface area contributed by atoms with Gasteiger partial charge in [-0.1, -0.05) is 18.2 Å². The molecule has 0 fully saturated rings. The number of furan rings is 1. The molecule has 0 spiro atoms. The maximum atomic E-state index is 5.65. The summed E-state index contributed by atoms with van der Waals surface area (Å²) in [5.41, 5.74) is 6.07. The Bertz CT molecular complexity index is 1070. The van der Waals surface area contributed by atoms with E-state index in [0.29, 0.717) is 5.95 Å². The van der Waals surface area contributed by atoms with Crippen LogP contribution in [-0.4, -0.2) is 19.7 Å². The first-order chi connectivity index (χ1) is 12.8. The molecule has 0 bridgehead atoms. The zero-order chi connectivity index (χ0) is 17.5. The fourth-order valence-electron chi connectivity index (χ4n) is 3.47. The minimum Gasteiger partial charge on any atom is -0.463 e. The number of hydrogen-bond acceptors (Lipinski definition) is 5. The number of hydrogen-bond donors (Lipinski definition) is 1. The highest BCUT2D eigenvalue weighted by Gasteiger charge is 2.28. The van der Waals surface area contributed by atoms with E-state index in [1.165, 1.54) is 0 Å². The lowest BCUT2D eigenvalue weighted by atomic mass is 9.93. The van der Waals surface area contributed by atoms with Crippen LogP contribution in [0, 0.1) is 0 Å². The third kappa shape index (κ3) is 2.38. The van der Waals surface area contributed by atoms with E-state index in [4.69, 9.17) is 14.5 Å². The summed E-state index contributed by atoms with van der Waals surface area (Å²) in [5.74, 6) is 1.38. The van der Waals surface area contributed by atoms with E-state index in [1.807, 2.05) is 60.4 Å². The van der Waals surface area contributed by atoms with E-state index >= 15 is 0 Å². The Kier molecular flexibility index (Phi) is 3.35. The van der Waals surface area contributed by atoms with Gasteiger partial charge < -0.3 is 9.73 Å². The lowest BCUT2D eigenvalue weighted by Gasteiger charge is -2.16. The molecule has 0 amide bonds. The average molecular weight is 343 g/mol. The van der Waals surface area contributed by atoms with Crippen molar-refractivity contribution in [3.63, 3.8) is 0 Å². The standard InChI is InChI=1S/C20H17N5O/c1-25-19(16-8-5-11-26-16)17-15(24-25)10-9-13-12-21-20(23-18(13)17)22-14-6-3-2-4-7-14/h2-8,11-12H,9-10H2,1H3,(H,21,22,23). The van der Waals surface area contributed by atoms with Crippen molar-refractivity contribution in [1.82, 2.24) is 19.7 Å². The first-order valence-electron chi connectivity index (χ1n) is 8.58. The van der Waals surface area contributed by atoms with Gasteiger partial charge in [-0.25, -0.2) is 9.97 Å². The molecule has 1 aliphatic carbocycles. The molecule has 26 heavy (non-hydrogen) atoms. The lowest BCUT2D eigenvalue weighted by Crippen LogP contribution is -2.08. The average Bonchev–Trinajstić information content (AvgIpc) is 3.29. The Balaban J connectivity index is 1.64. The molecule has 1 aromatic carbocycles. The quantitative estimate of drug-likeness (QED) is 0.609. The molecule has 4 aromatic rings. The predicted molar refractivity (Wildman–Crippen MR) is 99.1 cm³/mol. The molecule has 0 saturated heterocycles. The second-order valence-corrected chi connectivity index (χ2v) is 6.33. The van der Waals surface area contributed by atoms with Gasteiger partial charge in [0.2, 0.25) is 5.95 Å². The van der Waals surface area contributed by atoms with Crippen LogP contribution < -0.4 is 5.32 Å². The fourth-order valence-corrected chi connectivity index (χ4v) is 3.47. The van der Waals surface area contributed by atoms with E-state index in [1.54, 1.807) is 6.26 Å². The first kappa shape index (κ1) is 14.9. The van der Waals surface area contributed by atoms with Crippen molar-refractivity contribution >= 4 is 11.6 Å². The summed E-state index contributed by atoms with van der Waals surface area (Å²) in [7, 11) is 1.94. The highest BCUT2D eigenvalue weighted by molar-refractivity contribution is 5.82. The van der Waals surface area contributed by atoms with Crippen molar-refractivity contribution in [3.8, 4) is 22.7 Å². The summed E-state index contributed by atoms with van der Waals surface area (Å²) in [6, 6.07) is 13.8. The number of para-hydroxylation sites is 1. The van der Waals surface area contributed by atoms with Crippen LogP contribution in [0.1, 0.15) is 11.3 Å². The topological polar surface area (TPSA) is 68.8 Å². The molecule has 5 rings (SSSR count). The van der Waals surface area contributed by atoms with Crippen LogP contribution in [0.5, 0.6) is 0 Å². The van der Waals surface area contributed by atoms with Crippen molar-refractivity contribution in [2.75, 3.05) is 5.32 Å². The summed E-state index contributed by atoms with van der Waals surface area (Å²) in [6.07, 6.45) is 5.37. The van der Waals surface area contributed by atoms with Crippen LogP contribution in [0.25, 0.3) is 22.7 Å². The first-order valence-corrected chi connectivity index (χ1v) is 8.58. The Morgan fingerprint density at radius 1 is 1.08 bits per heavy atom. The number of benzene rings is 1. The normalized spacial score (nSPS) is 12.5. The molecular weight excluding hydrogens is 326 g/mol. The summed E-state index contributed by atoms with van der Waals surface area (Å²) in [6.45, 7) is 0. The SMILES string of the molecule is Cn1nc2c(c1-c1ccco1)-c1nc(Nc3ccccc3)ncc1CC2. The molecular formula is C20H17N5O. The Hall–Kier alpha value is -3.41. The second kappa shape index (κ2) is 5.84. The molecule has 0 aliphatic heterocycles. The number of fused-ring (bicyclic) bond motifs is 3. The molecule has 6 heteroatoms. The van der Waals surface area contributed by atoms with Crippen LogP contribution >= 0.6 is 0 Å². The minimum atomic E-state index is 0.581. The van der Waals surface area contributed by atoms with Crippen molar-refractivity contribution in [3.05, 3.63) is 66.2 Å². The Morgan fingerprint density at radius 2 is 1.96 bits per heavy atom. The van der Waals surface area contributed by atoms with Gasteiger partial charge >= 0.3 is 0 Å². The number of anilines is 2. The highest BCUT2D eigenvalue weighted by Crippen LogP contribution is 2.39. The van der Waals surface area contributed by atoms with E-state index in [9.17, 15) is 0 Å². The smallest absolute Gasteiger partial charge is 0.227 e. The maximum Gasteiger partial charge on any atom is 0.227 e. The van der Waals surface area contributed by atoms with Gasteiger partial charge in [0.15, 0.2) is 5.76 Å². The summed E-state index contributed by atoms with van der Waals surface area (Å²) in [5, 5.41) is 7.97. The molecule has 128 valence electrons. The monoisotopic (exact) mass is 343 g/mol. The molecule has 0 atom stereocenters. The lowest BCUT2D eigenvalue weighted by molar-refractivity contribution is 0.573.